The van der Waals surface area contributed by atoms with Gasteiger partial charge < -0.3 is 9.31 Å². The topological polar surface area (TPSA) is 57.1 Å². The van der Waals surface area contributed by atoms with E-state index in [2.05, 4.69) is 18.2 Å². The van der Waals surface area contributed by atoms with Crippen molar-refractivity contribution in [3.05, 3.63) is 108 Å². The van der Waals surface area contributed by atoms with E-state index in [1.165, 1.54) is 0 Å². The van der Waals surface area contributed by atoms with Crippen LogP contribution in [0.1, 0.15) is 27.7 Å². The average Bonchev–Trinajstić information content (AvgIpc) is 3.19. The Labute approximate surface area is 240 Å². The molecule has 5 nitrogen and oxygen atoms in total. The van der Waals surface area contributed by atoms with Crippen molar-refractivity contribution < 1.29 is 9.31 Å². The summed E-state index contributed by atoms with van der Waals surface area (Å²) < 4.78 is 12.6. The molecule has 1 saturated heterocycles. The molecule has 0 radical (unpaired) electrons. The molecule has 198 valence electrons. The molecule has 0 saturated carbocycles. The molecule has 0 N–H and O–H groups in total. The number of hydrogen-bond acceptors (Lipinski definition) is 5. The smallest absolute Gasteiger partial charge is 0.399 e. The Morgan fingerprint density at radius 1 is 0.550 bits per heavy atom. The highest BCUT2D eigenvalue weighted by molar-refractivity contribution is 6.62. The van der Waals surface area contributed by atoms with Crippen LogP contribution >= 0.6 is 11.6 Å². The molecule has 0 unspecified atom stereocenters. The zero-order chi connectivity index (χ0) is 27.9. The molecule has 1 fully saturated rings. The Kier molecular flexibility index (Phi) is 6.79. The van der Waals surface area contributed by atoms with Crippen LogP contribution in [0.4, 0.5) is 0 Å². The monoisotopic (exact) mass is 545 g/mol. The zero-order valence-electron chi connectivity index (χ0n) is 22.9. The first-order valence-corrected chi connectivity index (χ1v) is 13.7. The van der Waals surface area contributed by atoms with Gasteiger partial charge in [-0.05, 0) is 56.4 Å². The molecule has 2 heterocycles. The molecule has 0 bridgehead atoms. The molecule has 1 aliphatic rings. The summed E-state index contributed by atoms with van der Waals surface area (Å²) in [6, 6.07) is 34.1. The number of benzene rings is 4. The Morgan fingerprint density at radius 2 is 1.05 bits per heavy atom. The van der Waals surface area contributed by atoms with E-state index in [1.807, 2.05) is 113 Å². The lowest BCUT2D eigenvalue weighted by Crippen LogP contribution is -2.41. The first-order chi connectivity index (χ1) is 19.2. The van der Waals surface area contributed by atoms with Crippen LogP contribution in [0.3, 0.4) is 0 Å². The maximum atomic E-state index is 6.66. The SMILES string of the molecule is CC1(C)OB(c2cc(Cl)cc(-c3nc(-c4ccccc4)nc(-c4ccccc4-c4ccccc4)n3)c2)OC1(C)C. The quantitative estimate of drug-likeness (QED) is 0.214. The molecule has 40 heavy (non-hydrogen) atoms. The van der Waals surface area contributed by atoms with Crippen LogP contribution in [-0.2, 0) is 9.31 Å². The van der Waals surface area contributed by atoms with Crippen LogP contribution in [0.5, 0.6) is 0 Å². The van der Waals surface area contributed by atoms with E-state index in [-0.39, 0.29) is 0 Å². The van der Waals surface area contributed by atoms with Crippen LogP contribution in [0.25, 0.3) is 45.3 Å². The summed E-state index contributed by atoms with van der Waals surface area (Å²) in [7, 11) is -0.559. The normalized spacial score (nSPS) is 15.8. The highest BCUT2D eigenvalue weighted by Gasteiger charge is 2.51. The van der Waals surface area contributed by atoms with Crippen molar-refractivity contribution in [3.8, 4) is 45.3 Å². The summed E-state index contributed by atoms with van der Waals surface area (Å²) in [5.74, 6) is 1.69. The highest BCUT2D eigenvalue weighted by atomic mass is 35.5. The third kappa shape index (κ3) is 5.06. The predicted octanol–water partition coefficient (Wildman–Crippen LogP) is 7.49. The lowest BCUT2D eigenvalue weighted by molar-refractivity contribution is 0.00578. The molecule has 0 aliphatic carbocycles. The standard InChI is InChI=1S/C33H29BClN3O2/c1-32(2)33(3,4)40-34(39-32)25-19-24(20-26(35)21-25)30-36-29(23-15-9-6-10-16-23)37-31(38-30)28-18-12-11-17-27(28)22-13-7-5-8-14-22/h5-21H,1-4H3. The van der Waals surface area contributed by atoms with Crippen molar-refractivity contribution in [2.24, 2.45) is 0 Å². The van der Waals surface area contributed by atoms with Crippen molar-refractivity contribution in [2.45, 2.75) is 38.9 Å². The Balaban J connectivity index is 1.51. The van der Waals surface area contributed by atoms with Crippen molar-refractivity contribution in [1.29, 1.82) is 0 Å². The fourth-order valence-corrected chi connectivity index (χ4v) is 4.99. The van der Waals surface area contributed by atoms with Crippen LogP contribution in [0.15, 0.2) is 103 Å². The highest BCUT2D eigenvalue weighted by Crippen LogP contribution is 2.37. The van der Waals surface area contributed by atoms with E-state index in [0.717, 1.165) is 33.3 Å². The van der Waals surface area contributed by atoms with Gasteiger partial charge in [-0.2, -0.15) is 0 Å². The van der Waals surface area contributed by atoms with Crippen LogP contribution in [0.2, 0.25) is 5.02 Å². The molecule has 1 aromatic heterocycles. The minimum absolute atomic E-state index is 0.470. The summed E-state index contributed by atoms with van der Waals surface area (Å²) in [5.41, 5.74) is 4.59. The minimum Gasteiger partial charge on any atom is -0.399 e. The summed E-state index contributed by atoms with van der Waals surface area (Å²) >= 11 is 6.66. The number of rotatable bonds is 5. The summed E-state index contributed by atoms with van der Waals surface area (Å²) in [6.07, 6.45) is 0. The van der Waals surface area contributed by atoms with Gasteiger partial charge in [0.2, 0.25) is 0 Å². The minimum atomic E-state index is -0.559. The number of nitrogens with zero attached hydrogens (tertiary/aromatic N) is 3. The predicted molar refractivity (Wildman–Crippen MR) is 162 cm³/mol. The maximum Gasteiger partial charge on any atom is 0.494 e. The Bertz CT molecular complexity index is 1660. The molecule has 1 aliphatic heterocycles. The molecule has 5 aromatic rings. The summed E-state index contributed by atoms with van der Waals surface area (Å²) in [6.45, 7) is 8.14. The number of hydrogen-bond donors (Lipinski definition) is 0. The van der Waals surface area contributed by atoms with Crippen molar-refractivity contribution >= 4 is 24.2 Å². The van der Waals surface area contributed by atoms with Crippen molar-refractivity contribution in [3.63, 3.8) is 0 Å². The van der Waals surface area contributed by atoms with Crippen LogP contribution in [-0.4, -0.2) is 33.3 Å². The van der Waals surface area contributed by atoms with Gasteiger partial charge in [0.25, 0.3) is 0 Å². The average molecular weight is 546 g/mol. The first kappa shape index (κ1) is 26.4. The third-order valence-corrected chi connectivity index (χ3v) is 7.84. The second-order valence-electron chi connectivity index (χ2n) is 10.9. The zero-order valence-corrected chi connectivity index (χ0v) is 23.7. The van der Waals surface area contributed by atoms with Gasteiger partial charge in [0.05, 0.1) is 11.2 Å². The van der Waals surface area contributed by atoms with Gasteiger partial charge in [-0.3, -0.25) is 0 Å². The maximum absolute atomic E-state index is 6.66. The van der Waals surface area contributed by atoms with Gasteiger partial charge in [-0.1, -0.05) is 103 Å². The lowest BCUT2D eigenvalue weighted by atomic mass is 9.78. The van der Waals surface area contributed by atoms with E-state index in [1.54, 1.807) is 0 Å². The first-order valence-electron chi connectivity index (χ1n) is 13.3. The Morgan fingerprint density at radius 3 is 1.68 bits per heavy atom. The summed E-state index contributed by atoms with van der Waals surface area (Å²) in [4.78, 5) is 14.8. The molecular weight excluding hydrogens is 517 g/mol. The van der Waals surface area contributed by atoms with Crippen LogP contribution < -0.4 is 5.46 Å². The fraction of sp³-hybridized carbons (Fsp3) is 0.182. The largest absolute Gasteiger partial charge is 0.494 e. The molecule has 7 heteroatoms. The molecular formula is C33H29BClN3O2. The fourth-order valence-electron chi connectivity index (χ4n) is 4.75. The molecule has 0 atom stereocenters. The van der Waals surface area contributed by atoms with Gasteiger partial charge in [0, 0.05) is 21.7 Å². The second-order valence-corrected chi connectivity index (χ2v) is 11.4. The lowest BCUT2D eigenvalue weighted by Gasteiger charge is -2.32. The molecule has 4 aromatic carbocycles. The number of halogens is 1. The molecule has 0 amide bonds. The Hall–Kier alpha value is -3.84. The van der Waals surface area contributed by atoms with E-state index >= 15 is 0 Å². The second kappa shape index (κ2) is 10.3. The summed E-state index contributed by atoms with van der Waals surface area (Å²) in [5, 5.41) is 0.551. The molecule has 0 spiro atoms. The molecule has 6 rings (SSSR count). The van der Waals surface area contributed by atoms with Crippen molar-refractivity contribution in [1.82, 2.24) is 15.0 Å². The van der Waals surface area contributed by atoms with Gasteiger partial charge >= 0.3 is 7.12 Å². The third-order valence-electron chi connectivity index (χ3n) is 7.62. The van der Waals surface area contributed by atoms with Gasteiger partial charge in [0.15, 0.2) is 17.5 Å². The van der Waals surface area contributed by atoms with Gasteiger partial charge in [0.1, 0.15) is 0 Å². The van der Waals surface area contributed by atoms with Crippen molar-refractivity contribution in [2.75, 3.05) is 0 Å². The van der Waals surface area contributed by atoms with E-state index in [4.69, 9.17) is 35.9 Å². The van der Waals surface area contributed by atoms with E-state index in [9.17, 15) is 0 Å². The van der Waals surface area contributed by atoms with Gasteiger partial charge in [-0.25, -0.2) is 15.0 Å². The van der Waals surface area contributed by atoms with Crippen LogP contribution in [0, 0.1) is 0 Å². The number of aromatic nitrogens is 3. The van der Waals surface area contributed by atoms with E-state index in [0.29, 0.717) is 22.5 Å². The van der Waals surface area contributed by atoms with Gasteiger partial charge in [-0.15, -0.1) is 0 Å². The van der Waals surface area contributed by atoms with E-state index < -0.39 is 18.3 Å².